The molecule has 1 unspecified atom stereocenters. The summed E-state index contributed by atoms with van der Waals surface area (Å²) in [7, 11) is 0. The molecule has 0 aliphatic heterocycles. The van der Waals surface area contributed by atoms with Crippen LogP contribution in [0.2, 0.25) is 0 Å². The summed E-state index contributed by atoms with van der Waals surface area (Å²) >= 11 is 6.67. The number of nitriles is 1. The quantitative estimate of drug-likeness (QED) is 0.418. The van der Waals surface area contributed by atoms with Gasteiger partial charge in [-0.15, -0.1) is 0 Å². The van der Waals surface area contributed by atoms with Gasteiger partial charge in [0.05, 0.1) is 6.07 Å². The minimum absolute atomic E-state index is 0.0174. The second-order valence-corrected chi connectivity index (χ2v) is 8.45. The third kappa shape index (κ3) is 9.07. The van der Waals surface area contributed by atoms with Crippen LogP contribution in [-0.4, -0.2) is 12.3 Å². The van der Waals surface area contributed by atoms with Crippen LogP contribution in [0.25, 0.3) is 0 Å². The lowest BCUT2D eigenvalue weighted by molar-refractivity contribution is -0.108. The zero-order valence-corrected chi connectivity index (χ0v) is 18.1. The first kappa shape index (κ1) is 21.5. The van der Waals surface area contributed by atoms with Crippen molar-refractivity contribution < 1.29 is 4.79 Å². The number of aldehydes is 1. The highest BCUT2D eigenvalue weighted by Gasteiger charge is 2.31. The maximum absolute atomic E-state index is 9.57. The van der Waals surface area contributed by atoms with Crippen molar-refractivity contribution in [3.8, 4) is 6.07 Å². The molecule has 2 aromatic carbocycles. The number of hydrogen-bond acceptors (Lipinski definition) is 4. The molecule has 1 atom stereocenters. The Morgan fingerprint density at radius 1 is 1.00 bits per heavy atom. The van der Waals surface area contributed by atoms with Crippen molar-refractivity contribution in [2.45, 2.75) is 31.7 Å². The number of carbonyl (C=O) groups is 1. The lowest BCUT2D eigenvalue weighted by atomic mass is 10.2. The molecular weight excluding hydrogens is 470 g/mol. The lowest BCUT2D eigenvalue weighted by Crippen LogP contribution is -2.19. The van der Waals surface area contributed by atoms with Crippen molar-refractivity contribution in [2.75, 3.05) is 11.1 Å². The van der Waals surface area contributed by atoms with Crippen LogP contribution in [0.3, 0.4) is 0 Å². The van der Waals surface area contributed by atoms with E-state index in [1.807, 2.05) is 48.5 Å². The topological polar surface area (TPSA) is 78.9 Å². The van der Waals surface area contributed by atoms with Gasteiger partial charge < -0.3 is 15.8 Å². The Hall–Kier alpha value is -1.84. The highest BCUT2D eigenvalue weighted by atomic mass is 79.9. The normalized spacial score (nSPS) is 15.7. The Labute approximate surface area is 177 Å². The maximum Gasteiger partial charge on any atom is 0.123 e. The van der Waals surface area contributed by atoms with E-state index in [0.717, 1.165) is 39.4 Å². The van der Waals surface area contributed by atoms with Crippen molar-refractivity contribution in [3.05, 3.63) is 57.5 Å². The van der Waals surface area contributed by atoms with E-state index in [1.165, 1.54) is 12.8 Å². The van der Waals surface area contributed by atoms with Crippen LogP contribution in [0.4, 0.5) is 11.4 Å². The number of hydrogen-bond donors (Lipinski definition) is 2. The number of carbonyl (C=O) groups excluding carboxylic acids is 1. The molecule has 142 valence electrons. The van der Waals surface area contributed by atoms with Gasteiger partial charge in [-0.1, -0.05) is 31.9 Å². The van der Waals surface area contributed by atoms with Gasteiger partial charge in [0.1, 0.15) is 12.3 Å². The zero-order chi connectivity index (χ0) is 19.6. The predicted molar refractivity (Wildman–Crippen MR) is 117 cm³/mol. The summed E-state index contributed by atoms with van der Waals surface area (Å²) in [5.41, 5.74) is 7.23. The maximum atomic E-state index is 9.57. The van der Waals surface area contributed by atoms with Gasteiger partial charge in [0.15, 0.2) is 0 Å². The SMILES string of the molecule is N#CC(Nc1ccc(Br)cc1)C1CC1.Nc1ccc(Br)cc1.O=CC1CC1. The molecule has 0 saturated heterocycles. The number of halogens is 2. The Balaban J connectivity index is 0.000000168. The molecule has 0 radical (unpaired) electrons. The van der Waals surface area contributed by atoms with Crippen molar-refractivity contribution in [1.82, 2.24) is 0 Å². The van der Waals surface area contributed by atoms with Crippen LogP contribution in [0.1, 0.15) is 25.7 Å². The van der Waals surface area contributed by atoms with Gasteiger partial charge in [0.25, 0.3) is 0 Å². The summed E-state index contributed by atoms with van der Waals surface area (Å²) in [5, 5.41) is 12.2. The van der Waals surface area contributed by atoms with Crippen LogP contribution in [0.5, 0.6) is 0 Å². The van der Waals surface area contributed by atoms with Crippen molar-refractivity contribution in [1.29, 1.82) is 5.26 Å². The summed E-state index contributed by atoms with van der Waals surface area (Å²) < 4.78 is 2.12. The van der Waals surface area contributed by atoms with E-state index in [1.54, 1.807) is 0 Å². The van der Waals surface area contributed by atoms with Gasteiger partial charge in [-0.25, -0.2) is 0 Å². The smallest absolute Gasteiger partial charge is 0.123 e. The highest BCUT2D eigenvalue weighted by Crippen LogP contribution is 2.34. The van der Waals surface area contributed by atoms with Gasteiger partial charge in [-0.3, -0.25) is 0 Å². The van der Waals surface area contributed by atoms with E-state index in [-0.39, 0.29) is 6.04 Å². The number of nitrogens with zero attached hydrogens (tertiary/aromatic N) is 1. The number of benzene rings is 2. The van der Waals surface area contributed by atoms with E-state index in [2.05, 4.69) is 43.2 Å². The monoisotopic (exact) mass is 491 g/mol. The average molecular weight is 493 g/mol. The third-order valence-corrected chi connectivity index (χ3v) is 5.14. The molecule has 0 bridgehead atoms. The van der Waals surface area contributed by atoms with Gasteiger partial charge in [-0.05, 0) is 80.1 Å². The Morgan fingerprint density at radius 3 is 1.85 bits per heavy atom. The summed E-state index contributed by atoms with van der Waals surface area (Å²) in [6.07, 6.45) is 5.68. The molecule has 4 rings (SSSR count). The first-order valence-electron chi connectivity index (χ1n) is 8.90. The van der Waals surface area contributed by atoms with Gasteiger partial charge in [0, 0.05) is 26.2 Å². The largest absolute Gasteiger partial charge is 0.399 e. The van der Waals surface area contributed by atoms with E-state index < -0.39 is 0 Å². The highest BCUT2D eigenvalue weighted by molar-refractivity contribution is 9.10. The molecule has 3 N–H and O–H groups in total. The second kappa shape index (κ2) is 11.1. The fourth-order valence-electron chi connectivity index (χ4n) is 2.11. The molecule has 2 aliphatic carbocycles. The second-order valence-electron chi connectivity index (χ2n) is 6.62. The summed E-state index contributed by atoms with van der Waals surface area (Å²) in [6, 6.07) is 17.7. The first-order chi connectivity index (χ1) is 13.0. The van der Waals surface area contributed by atoms with E-state index >= 15 is 0 Å². The minimum Gasteiger partial charge on any atom is -0.399 e. The first-order valence-corrected chi connectivity index (χ1v) is 10.5. The van der Waals surface area contributed by atoms with Crippen molar-refractivity contribution in [2.24, 2.45) is 11.8 Å². The fraction of sp³-hybridized carbons (Fsp3) is 0.333. The third-order valence-electron chi connectivity index (χ3n) is 4.08. The molecule has 2 fully saturated rings. The number of anilines is 2. The molecule has 2 aliphatic rings. The van der Waals surface area contributed by atoms with Gasteiger partial charge >= 0.3 is 0 Å². The van der Waals surface area contributed by atoms with E-state index in [0.29, 0.717) is 11.8 Å². The van der Waals surface area contributed by atoms with E-state index in [4.69, 9.17) is 11.0 Å². The van der Waals surface area contributed by atoms with Crippen LogP contribution in [-0.2, 0) is 4.79 Å². The van der Waals surface area contributed by atoms with Crippen LogP contribution < -0.4 is 11.1 Å². The Kier molecular flexibility index (Phi) is 8.83. The predicted octanol–water partition coefficient (Wildman–Crippen LogP) is 5.79. The molecule has 0 amide bonds. The number of nitrogen functional groups attached to an aromatic ring is 1. The molecular formula is C21H23Br2N3O. The minimum atomic E-state index is -0.0174. The number of rotatable bonds is 4. The van der Waals surface area contributed by atoms with Crippen LogP contribution in [0.15, 0.2) is 57.5 Å². The molecule has 4 nitrogen and oxygen atoms in total. The molecule has 2 aromatic rings. The molecule has 6 heteroatoms. The number of nitrogens with two attached hydrogens (primary N) is 1. The fourth-order valence-corrected chi connectivity index (χ4v) is 2.63. The van der Waals surface area contributed by atoms with Crippen molar-refractivity contribution in [3.63, 3.8) is 0 Å². The van der Waals surface area contributed by atoms with Crippen LogP contribution in [0, 0.1) is 23.2 Å². The van der Waals surface area contributed by atoms with Crippen molar-refractivity contribution >= 4 is 49.5 Å². The molecule has 2 saturated carbocycles. The summed E-state index contributed by atoms with van der Waals surface area (Å²) in [5.74, 6) is 1.01. The Morgan fingerprint density at radius 2 is 1.52 bits per heavy atom. The Bertz CT molecular complexity index is 727. The zero-order valence-electron chi connectivity index (χ0n) is 14.9. The van der Waals surface area contributed by atoms with Gasteiger partial charge in [-0.2, -0.15) is 5.26 Å². The summed E-state index contributed by atoms with van der Waals surface area (Å²) in [4.78, 5) is 9.57. The number of nitrogens with one attached hydrogen (secondary N) is 1. The molecule has 0 aromatic heterocycles. The molecule has 0 spiro atoms. The molecule has 27 heavy (non-hydrogen) atoms. The van der Waals surface area contributed by atoms with Crippen LogP contribution >= 0.6 is 31.9 Å². The molecule has 0 heterocycles. The summed E-state index contributed by atoms with van der Waals surface area (Å²) in [6.45, 7) is 0. The lowest BCUT2D eigenvalue weighted by Gasteiger charge is -2.11. The standard InChI is InChI=1S/C11H11BrN2.C6H6BrN.C4H6O/c12-9-3-5-10(6-4-9)14-11(7-13)8-1-2-8;7-5-1-3-6(8)4-2-5;5-3-4-1-2-4/h3-6,8,11,14H,1-2H2;1-4H,8H2;3-4H,1-2H2. The average Bonchev–Trinajstić information content (AvgIpc) is 3.58. The van der Waals surface area contributed by atoms with E-state index in [9.17, 15) is 4.79 Å². The van der Waals surface area contributed by atoms with Gasteiger partial charge in [0.2, 0.25) is 0 Å².